The number of hydrogen-bond acceptors (Lipinski definition) is 3. The topological polar surface area (TPSA) is 89.4 Å². The highest BCUT2D eigenvalue weighted by Gasteiger charge is 2.32. The summed E-state index contributed by atoms with van der Waals surface area (Å²) in [5.41, 5.74) is 11.3. The second kappa shape index (κ2) is 6.37. The third-order valence-electron chi connectivity index (χ3n) is 4.49. The maximum absolute atomic E-state index is 12.2. The van der Waals surface area contributed by atoms with Crippen molar-refractivity contribution >= 4 is 11.8 Å². The van der Waals surface area contributed by atoms with Gasteiger partial charge in [0, 0.05) is 19.0 Å². The van der Waals surface area contributed by atoms with Gasteiger partial charge in [-0.1, -0.05) is 12.8 Å². The van der Waals surface area contributed by atoms with Gasteiger partial charge in [0.05, 0.1) is 0 Å². The molecule has 2 amide bonds. The fourth-order valence-corrected chi connectivity index (χ4v) is 3.43. The van der Waals surface area contributed by atoms with Crippen molar-refractivity contribution in [1.82, 2.24) is 4.90 Å². The summed E-state index contributed by atoms with van der Waals surface area (Å²) in [7, 11) is 0. The Morgan fingerprint density at radius 3 is 2.63 bits per heavy atom. The fraction of sp³-hybridized carbons (Fsp3) is 0.857. The summed E-state index contributed by atoms with van der Waals surface area (Å²) in [6.07, 6.45) is 7.53. The molecule has 0 spiro atoms. The number of hydrogen-bond donors (Lipinski definition) is 2. The Bertz CT molecular complexity index is 346. The number of carbonyl (C=O) groups is 2. The summed E-state index contributed by atoms with van der Waals surface area (Å²) in [6, 6.07) is -0.0693. The summed E-state index contributed by atoms with van der Waals surface area (Å²) in [6.45, 7) is 0.677. The zero-order valence-corrected chi connectivity index (χ0v) is 11.5. The molecule has 5 heteroatoms. The first kappa shape index (κ1) is 14.3. The van der Waals surface area contributed by atoms with Crippen molar-refractivity contribution in [3.8, 4) is 0 Å². The number of primary amides is 1. The van der Waals surface area contributed by atoms with Gasteiger partial charge in [0.25, 0.3) is 0 Å². The third kappa shape index (κ3) is 3.69. The molecule has 0 radical (unpaired) electrons. The molecule has 2 fully saturated rings. The van der Waals surface area contributed by atoms with E-state index in [9.17, 15) is 9.59 Å². The van der Waals surface area contributed by atoms with E-state index >= 15 is 0 Å². The van der Waals surface area contributed by atoms with E-state index in [4.69, 9.17) is 11.5 Å². The smallest absolute Gasteiger partial charge is 0.240 e. The molecule has 19 heavy (non-hydrogen) atoms. The summed E-state index contributed by atoms with van der Waals surface area (Å²) >= 11 is 0. The van der Waals surface area contributed by atoms with Crippen LogP contribution < -0.4 is 11.5 Å². The lowest BCUT2D eigenvalue weighted by atomic mass is 9.83. The molecule has 3 unspecified atom stereocenters. The van der Waals surface area contributed by atoms with E-state index in [0.29, 0.717) is 24.9 Å². The van der Waals surface area contributed by atoms with Crippen molar-refractivity contribution in [3.63, 3.8) is 0 Å². The van der Waals surface area contributed by atoms with E-state index in [1.54, 1.807) is 4.90 Å². The Balaban J connectivity index is 1.79. The van der Waals surface area contributed by atoms with Crippen LogP contribution in [-0.2, 0) is 9.59 Å². The van der Waals surface area contributed by atoms with E-state index in [2.05, 4.69) is 0 Å². The summed E-state index contributed by atoms with van der Waals surface area (Å²) in [5, 5.41) is 0. The lowest BCUT2D eigenvalue weighted by Crippen LogP contribution is -2.43. The van der Waals surface area contributed by atoms with Gasteiger partial charge in [-0.15, -0.1) is 0 Å². The average molecular weight is 267 g/mol. The summed E-state index contributed by atoms with van der Waals surface area (Å²) < 4.78 is 0. The first-order chi connectivity index (χ1) is 9.08. The molecule has 1 aliphatic heterocycles. The van der Waals surface area contributed by atoms with Crippen LogP contribution in [0.4, 0.5) is 0 Å². The van der Waals surface area contributed by atoms with Crippen molar-refractivity contribution in [2.45, 2.75) is 63.5 Å². The van der Waals surface area contributed by atoms with Crippen molar-refractivity contribution < 1.29 is 9.59 Å². The second-order valence-corrected chi connectivity index (χ2v) is 5.98. The Morgan fingerprint density at radius 1 is 1.16 bits per heavy atom. The number of rotatable bonds is 4. The number of amides is 2. The monoisotopic (exact) mass is 267 g/mol. The SMILES string of the molecule is NC(=O)C1CCCN1C(=O)CCC1CCCC(N)C1. The molecule has 2 aliphatic rings. The number of likely N-dealkylation sites (tertiary alicyclic amines) is 1. The maximum atomic E-state index is 12.2. The van der Waals surface area contributed by atoms with E-state index in [-0.39, 0.29) is 17.9 Å². The molecular weight excluding hydrogens is 242 g/mol. The largest absolute Gasteiger partial charge is 0.368 e. The van der Waals surface area contributed by atoms with Crippen LogP contribution in [0.15, 0.2) is 0 Å². The minimum Gasteiger partial charge on any atom is -0.368 e. The molecule has 0 aromatic carbocycles. The minimum atomic E-state index is -0.374. The van der Waals surface area contributed by atoms with Crippen molar-refractivity contribution in [2.75, 3.05) is 6.54 Å². The lowest BCUT2D eigenvalue weighted by molar-refractivity contribution is -0.137. The van der Waals surface area contributed by atoms with Gasteiger partial charge < -0.3 is 16.4 Å². The van der Waals surface area contributed by atoms with Gasteiger partial charge in [-0.25, -0.2) is 0 Å². The van der Waals surface area contributed by atoms with E-state index in [0.717, 1.165) is 32.1 Å². The van der Waals surface area contributed by atoms with Crippen LogP contribution in [0.3, 0.4) is 0 Å². The van der Waals surface area contributed by atoms with Gasteiger partial charge in [0.1, 0.15) is 6.04 Å². The third-order valence-corrected chi connectivity index (χ3v) is 4.49. The maximum Gasteiger partial charge on any atom is 0.240 e. The first-order valence-electron chi connectivity index (χ1n) is 7.42. The fourth-order valence-electron chi connectivity index (χ4n) is 3.43. The van der Waals surface area contributed by atoms with E-state index in [1.807, 2.05) is 0 Å². The molecule has 1 saturated carbocycles. The zero-order valence-electron chi connectivity index (χ0n) is 11.5. The number of carbonyl (C=O) groups excluding carboxylic acids is 2. The van der Waals surface area contributed by atoms with Crippen molar-refractivity contribution in [1.29, 1.82) is 0 Å². The molecule has 2 rings (SSSR count). The van der Waals surface area contributed by atoms with Gasteiger partial charge >= 0.3 is 0 Å². The molecule has 0 bridgehead atoms. The van der Waals surface area contributed by atoms with Crippen LogP contribution in [-0.4, -0.2) is 35.3 Å². The van der Waals surface area contributed by atoms with Crippen LogP contribution in [0.1, 0.15) is 51.4 Å². The van der Waals surface area contributed by atoms with Crippen LogP contribution >= 0.6 is 0 Å². The molecule has 4 N–H and O–H groups in total. The quantitative estimate of drug-likeness (QED) is 0.788. The van der Waals surface area contributed by atoms with Crippen molar-refractivity contribution in [2.24, 2.45) is 17.4 Å². The lowest BCUT2D eigenvalue weighted by Gasteiger charge is -2.27. The molecule has 1 saturated heterocycles. The van der Waals surface area contributed by atoms with Crippen LogP contribution in [0.2, 0.25) is 0 Å². The van der Waals surface area contributed by atoms with Crippen molar-refractivity contribution in [3.05, 3.63) is 0 Å². The molecule has 0 aromatic rings. The number of nitrogens with zero attached hydrogens (tertiary/aromatic N) is 1. The molecule has 1 aliphatic carbocycles. The van der Waals surface area contributed by atoms with Gasteiger partial charge in [-0.3, -0.25) is 9.59 Å². The zero-order chi connectivity index (χ0) is 13.8. The van der Waals surface area contributed by atoms with Gasteiger partial charge in [-0.2, -0.15) is 0 Å². The summed E-state index contributed by atoms with van der Waals surface area (Å²) in [4.78, 5) is 25.1. The Labute approximate surface area is 114 Å². The van der Waals surface area contributed by atoms with Gasteiger partial charge in [0.15, 0.2) is 0 Å². The van der Waals surface area contributed by atoms with E-state index < -0.39 is 0 Å². The van der Waals surface area contributed by atoms with Gasteiger partial charge in [0.2, 0.25) is 11.8 Å². The van der Waals surface area contributed by atoms with Gasteiger partial charge in [-0.05, 0) is 38.0 Å². The highest BCUT2D eigenvalue weighted by atomic mass is 16.2. The molecule has 0 aromatic heterocycles. The number of nitrogens with two attached hydrogens (primary N) is 2. The standard InChI is InChI=1S/C14H25N3O2/c15-11-4-1-3-10(9-11)6-7-13(18)17-8-2-5-12(17)14(16)19/h10-12H,1-9,15H2,(H2,16,19). The molecule has 3 atom stereocenters. The van der Waals surface area contributed by atoms with Crippen LogP contribution in [0.25, 0.3) is 0 Å². The Morgan fingerprint density at radius 2 is 1.95 bits per heavy atom. The predicted octanol–water partition coefficient (Wildman–Crippen LogP) is 0.760. The molecular formula is C14H25N3O2. The second-order valence-electron chi connectivity index (χ2n) is 5.98. The molecule has 108 valence electrons. The average Bonchev–Trinajstić information content (AvgIpc) is 2.85. The summed E-state index contributed by atoms with van der Waals surface area (Å²) in [5.74, 6) is 0.285. The first-order valence-corrected chi connectivity index (χ1v) is 7.42. The predicted molar refractivity (Wildman–Crippen MR) is 73.1 cm³/mol. The van der Waals surface area contributed by atoms with Crippen LogP contribution in [0, 0.1) is 5.92 Å². The highest BCUT2D eigenvalue weighted by Crippen LogP contribution is 2.28. The molecule has 1 heterocycles. The minimum absolute atomic E-state index is 0.0837. The van der Waals surface area contributed by atoms with E-state index in [1.165, 1.54) is 12.8 Å². The molecule has 5 nitrogen and oxygen atoms in total. The highest BCUT2D eigenvalue weighted by molar-refractivity contribution is 5.87. The Kier molecular flexibility index (Phi) is 4.80. The van der Waals surface area contributed by atoms with Crippen LogP contribution in [0.5, 0.6) is 0 Å². The normalized spacial score (nSPS) is 31.4. The Hall–Kier alpha value is -1.10.